The fraction of sp³-hybridized carbons (Fsp3) is 0.409. The third-order valence-electron chi connectivity index (χ3n) is 4.87. The second-order valence-corrected chi connectivity index (χ2v) is 8.04. The van der Waals surface area contributed by atoms with Crippen LogP contribution in [-0.4, -0.2) is 24.2 Å². The second kappa shape index (κ2) is 12.1. The Morgan fingerprint density at radius 1 is 1.13 bits per heavy atom. The molecule has 0 aliphatic rings. The minimum Gasteiger partial charge on any atom is -0.550 e. The summed E-state index contributed by atoms with van der Waals surface area (Å²) in [4.78, 5) is 10.7. The van der Waals surface area contributed by atoms with E-state index in [4.69, 9.17) is 28.9 Å². The summed E-state index contributed by atoms with van der Waals surface area (Å²) in [5.74, 6) is -1.73. The number of aliphatic hydroxyl groups is 1. The number of aliphatic hydroxyl groups excluding tert-OH is 1. The fourth-order valence-electron chi connectivity index (χ4n) is 3.19. The molecule has 1 unspecified atom stereocenters. The molecule has 30 heavy (non-hydrogen) atoms. The van der Waals surface area contributed by atoms with Gasteiger partial charge in [0.15, 0.2) is 0 Å². The van der Waals surface area contributed by atoms with E-state index in [0.717, 1.165) is 32.2 Å². The van der Waals surface area contributed by atoms with Crippen molar-refractivity contribution in [3.8, 4) is 0 Å². The van der Waals surface area contributed by atoms with E-state index in [0.29, 0.717) is 39.8 Å². The van der Waals surface area contributed by atoms with Crippen molar-refractivity contribution < 1.29 is 19.4 Å². The van der Waals surface area contributed by atoms with Crippen LogP contribution < -0.4 is 16.2 Å². The van der Waals surface area contributed by atoms with Gasteiger partial charge in [0.2, 0.25) is 0 Å². The molecule has 0 heterocycles. The van der Waals surface area contributed by atoms with Gasteiger partial charge in [0, 0.05) is 18.9 Å². The topological polar surface area (TPSA) is 98.4 Å². The van der Waals surface area contributed by atoms with E-state index in [1.165, 1.54) is 6.07 Å². The number of benzene rings is 2. The fourth-order valence-corrected chi connectivity index (χ4v) is 3.69. The maximum atomic E-state index is 14.2. The van der Waals surface area contributed by atoms with Crippen LogP contribution >= 0.6 is 23.2 Å². The zero-order valence-corrected chi connectivity index (χ0v) is 18.1. The third-order valence-corrected chi connectivity index (χ3v) is 5.49. The second-order valence-electron chi connectivity index (χ2n) is 7.22. The highest BCUT2D eigenvalue weighted by molar-refractivity contribution is 6.38. The number of nitrogen functional groups attached to an aromatic ring is 1. The zero-order valence-electron chi connectivity index (χ0n) is 16.6. The summed E-state index contributed by atoms with van der Waals surface area (Å²) in [6, 6.07) is 8.05. The van der Waals surface area contributed by atoms with Crippen molar-refractivity contribution in [2.45, 2.75) is 44.6 Å². The summed E-state index contributed by atoms with van der Waals surface area (Å²) in [5, 5.41) is 24.7. The van der Waals surface area contributed by atoms with Gasteiger partial charge in [-0.15, -0.1) is 0 Å². The Balaban J connectivity index is 1.63. The van der Waals surface area contributed by atoms with E-state index in [9.17, 15) is 19.4 Å². The van der Waals surface area contributed by atoms with Crippen molar-refractivity contribution in [3.05, 3.63) is 62.9 Å². The van der Waals surface area contributed by atoms with E-state index in [1.807, 2.05) is 0 Å². The van der Waals surface area contributed by atoms with Crippen LogP contribution in [0.25, 0.3) is 0 Å². The van der Waals surface area contributed by atoms with E-state index in [2.05, 4.69) is 5.32 Å². The SMILES string of the molecule is Nc1c(Cl)cc(C(O)CNCCCCCCc2cccc(CC(=O)[O-])c2F)cc1Cl. The minimum absolute atomic E-state index is 0.166. The van der Waals surface area contributed by atoms with Crippen LogP contribution in [0.15, 0.2) is 30.3 Å². The lowest BCUT2D eigenvalue weighted by molar-refractivity contribution is -0.304. The first-order chi connectivity index (χ1) is 14.3. The highest BCUT2D eigenvalue weighted by Gasteiger charge is 2.12. The molecule has 0 aliphatic heterocycles. The Kier molecular flexibility index (Phi) is 9.85. The predicted octanol–water partition coefficient (Wildman–Crippen LogP) is 3.43. The van der Waals surface area contributed by atoms with Crippen molar-refractivity contribution in [2.24, 2.45) is 0 Å². The molecule has 0 saturated carbocycles. The summed E-state index contributed by atoms with van der Waals surface area (Å²) in [7, 11) is 0. The summed E-state index contributed by atoms with van der Waals surface area (Å²) in [6.45, 7) is 1.11. The van der Waals surface area contributed by atoms with Crippen LogP contribution in [-0.2, 0) is 17.6 Å². The molecule has 0 aliphatic carbocycles. The first kappa shape index (κ1) is 24.4. The maximum absolute atomic E-state index is 14.2. The van der Waals surface area contributed by atoms with Crippen LogP contribution in [0, 0.1) is 5.82 Å². The number of carboxylic acids is 1. The number of carboxylic acid groups (broad SMARTS) is 1. The van der Waals surface area contributed by atoms with E-state index in [-0.39, 0.29) is 5.56 Å². The number of unbranched alkanes of at least 4 members (excludes halogenated alkanes) is 3. The molecule has 2 aromatic rings. The van der Waals surface area contributed by atoms with Gasteiger partial charge in [-0.05, 0) is 54.6 Å². The molecule has 0 fully saturated rings. The maximum Gasteiger partial charge on any atom is 0.129 e. The van der Waals surface area contributed by atoms with E-state index in [1.54, 1.807) is 24.3 Å². The van der Waals surface area contributed by atoms with Crippen molar-refractivity contribution in [1.82, 2.24) is 5.32 Å². The summed E-state index contributed by atoms with van der Waals surface area (Å²) >= 11 is 12.0. The van der Waals surface area contributed by atoms with Gasteiger partial charge >= 0.3 is 0 Å². The predicted molar refractivity (Wildman–Crippen MR) is 116 cm³/mol. The number of aliphatic carboxylic acids is 1. The molecule has 0 bridgehead atoms. The monoisotopic (exact) mass is 455 g/mol. The number of anilines is 1. The van der Waals surface area contributed by atoms with Gasteiger partial charge in [-0.2, -0.15) is 0 Å². The molecule has 5 nitrogen and oxygen atoms in total. The Labute approximate surface area is 186 Å². The number of rotatable bonds is 12. The summed E-state index contributed by atoms with van der Waals surface area (Å²) in [6.07, 6.45) is 3.04. The number of aryl methyl sites for hydroxylation is 1. The van der Waals surface area contributed by atoms with Crippen LogP contribution in [0.1, 0.15) is 48.5 Å². The molecule has 2 aromatic carbocycles. The van der Waals surface area contributed by atoms with Crippen molar-refractivity contribution in [1.29, 1.82) is 0 Å². The van der Waals surface area contributed by atoms with Crippen LogP contribution in [0.3, 0.4) is 0 Å². The van der Waals surface area contributed by atoms with Gasteiger partial charge in [0.1, 0.15) is 5.82 Å². The van der Waals surface area contributed by atoms with E-state index < -0.39 is 24.3 Å². The molecule has 1 atom stereocenters. The first-order valence-corrected chi connectivity index (χ1v) is 10.6. The summed E-state index contributed by atoms with van der Waals surface area (Å²) in [5.41, 5.74) is 7.30. The molecule has 164 valence electrons. The van der Waals surface area contributed by atoms with Gasteiger partial charge < -0.3 is 26.1 Å². The van der Waals surface area contributed by atoms with Crippen molar-refractivity contribution in [3.63, 3.8) is 0 Å². The van der Waals surface area contributed by atoms with Crippen molar-refractivity contribution in [2.75, 3.05) is 18.8 Å². The number of nitrogens with one attached hydrogen (secondary N) is 1. The third kappa shape index (κ3) is 7.43. The molecule has 4 N–H and O–H groups in total. The highest BCUT2D eigenvalue weighted by Crippen LogP contribution is 2.31. The first-order valence-electron chi connectivity index (χ1n) is 9.89. The quantitative estimate of drug-likeness (QED) is 0.336. The lowest BCUT2D eigenvalue weighted by Crippen LogP contribution is -2.25. The largest absolute Gasteiger partial charge is 0.550 e. The average Bonchev–Trinajstić information content (AvgIpc) is 2.69. The van der Waals surface area contributed by atoms with Crippen LogP contribution in [0.2, 0.25) is 10.0 Å². The Morgan fingerprint density at radius 3 is 2.43 bits per heavy atom. The molecular formula is C22H26Cl2FN2O3-. The molecule has 0 radical (unpaired) electrons. The molecule has 0 aromatic heterocycles. The molecule has 8 heteroatoms. The van der Waals surface area contributed by atoms with Gasteiger partial charge in [-0.3, -0.25) is 0 Å². The number of hydrogen-bond donors (Lipinski definition) is 3. The molecule has 0 amide bonds. The zero-order chi connectivity index (χ0) is 22.1. The number of hydrogen-bond acceptors (Lipinski definition) is 5. The Hall–Kier alpha value is -1.86. The van der Waals surface area contributed by atoms with Crippen LogP contribution in [0.4, 0.5) is 10.1 Å². The molecule has 0 saturated heterocycles. The van der Waals surface area contributed by atoms with Gasteiger partial charge in [0.25, 0.3) is 0 Å². The van der Waals surface area contributed by atoms with Gasteiger partial charge in [-0.25, -0.2) is 4.39 Å². The van der Waals surface area contributed by atoms with E-state index >= 15 is 0 Å². The molecular weight excluding hydrogens is 430 g/mol. The average molecular weight is 456 g/mol. The standard InChI is InChI=1S/C22H27Cl2FN2O3/c23-17-10-16(11-18(24)22(17)26)19(28)13-27-9-4-2-1-3-6-14-7-5-8-15(21(14)25)12-20(29)30/h5,7-8,10-11,19,27-28H,1-4,6,9,12-13,26H2,(H,29,30)/p-1. The van der Waals surface area contributed by atoms with Gasteiger partial charge in [0.05, 0.1) is 21.8 Å². The smallest absolute Gasteiger partial charge is 0.129 e. The highest BCUT2D eigenvalue weighted by atomic mass is 35.5. The minimum atomic E-state index is -1.29. The van der Waals surface area contributed by atoms with Gasteiger partial charge in [-0.1, -0.05) is 54.2 Å². The molecule has 0 spiro atoms. The number of nitrogens with two attached hydrogens (primary N) is 1. The lowest BCUT2D eigenvalue weighted by atomic mass is 10.0. The summed E-state index contributed by atoms with van der Waals surface area (Å²) < 4.78 is 14.2. The lowest BCUT2D eigenvalue weighted by Gasteiger charge is -2.14. The van der Waals surface area contributed by atoms with Crippen LogP contribution in [0.5, 0.6) is 0 Å². The Morgan fingerprint density at radius 2 is 1.77 bits per heavy atom. The Bertz CT molecular complexity index is 841. The normalized spacial score (nSPS) is 12.1. The molecule has 2 rings (SSSR count). The number of halogens is 3. The number of carbonyl (C=O) groups is 1. The number of carbonyl (C=O) groups excluding carboxylic acids is 1. The van der Waals surface area contributed by atoms with Crippen molar-refractivity contribution >= 4 is 34.9 Å².